The van der Waals surface area contributed by atoms with Gasteiger partial charge < -0.3 is 0 Å². The molecule has 0 unspecified atom stereocenters. The zero-order valence-electron chi connectivity index (χ0n) is 12.4. The van der Waals surface area contributed by atoms with E-state index in [0.29, 0.717) is 0 Å². The highest BCUT2D eigenvalue weighted by Gasteiger charge is 2.32. The molecule has 1 saturated carbocycles. The first kappa shape index (κ1) is 15.1. The van der Waals surface area contributed by atoms with Crippen LogP contribution >= 0.6 is 0 Å². The molecule has 0 heteroatoms. The lowest BCUT2D eigenvalue weighted by Crippen LogP contribution is -2.16. The minimum absolute atomic E-state index is 0.793. The first-order valence-corrected chi connectivity index (χ1v) is 8.33. The van der Waals surface area contributed by atoms with E-state index in [9.17, 15) is 0 Å². The summed E-state index contributed by atoms with van der Waals surface area (Å²) in [5.74, 6) is 0. The molecule has 0 atom stereocenters. The minimum Gasteiger partial charge on any atom is -0.0654 e. The van der Waals surface area contributed by atoms with Gasteiger partial charge in [-0.3, -0.25) is 0 Å². The van der Waals surface area contributed by atoms with Gasteiger partial charge in [0, 0.05) is 0 Å². The van der Waals surface area contributed by atoms with Crippen LogP contribution in [-0.4, -0.2) is 0 Å². The first-order valence-electron chi connectivity index (χ1n) is 8.33. The summed E-state index contributed by atoms with van der Waals surface area (Å²) in [6.45, 7) is 4.63. The number of hydrogen-bond acceptors (Lipinski definition) is 0. The molecule has 0 heterocycles. The summed E-state index contributed by atoms with van der Waals surface area (Å²) in [6, 6.07) is 0. The van der Waals surface area contributed by atoms with E-state index in [0.717, 1.165) is 5.41 Å². The molecule has 1 fully saturated rings. The lowest BCUT2D eigenvalue weighted by Gasteiger charge is -2.29. The molecule has 102 valence electrons. The monoisotopic (exact) mass is 238 g/mol. The van der Waals surface area contributed by atoms with E-state index < -0.39 is 0 Å². The number of hydrogen-bond donors (Lipinski definition) is 0. The molecule has 1 rings (SSSR count). The average Bonchev–Trinajstić information content (AvgIpc) is 2.79. The third-order valence-corrected chi connectivity index (χ3v) is 4.79. The van der Waals surface area contributed by atoms with Gasteiger partial charge in [-0.25, -0.2) is 0 Å². The molecular formula is C17H34. The first-order chi connectivity index (χ1) is 8.33. The Morgan fingerprint density at radius 3 is 1.71 bits per heavy atom. The van der Waals surface area contributed by atoms with Crippen molar-refractivity contribution in [2.75, 3.05) is 0 Å². The van der Waals surface area contributed by atoms with Gasteiger partial charge >= 0.3 is 0 Å². The highest BCUT2D eigenvalue weighted by atomic mass is 14.4. The van der Waals surface area contributed by atoms with Crippen LogP contribution in [0.15, 0.2) is 0 Å². The third kappa shape index (κ3) is 5.93. The summed E-state index contributed by atoms with van der Waals surface area (Å²) in [5, 5.41) is 0. The van der Waals surface area contributed by atoms with Gasteiger partial charge in [0.1, 0.15) is 0 Å². The fourth-order valence-corrected chi connectivity index (χ4v) is 3.60. The Balaban J connectivity index is 2.17. The lowest BCUT2D eigenvalue weighted by atomic mass is 9.76. The van der Waals surface area contributed by atoms with Gasteiger partial charge in [-0.05, 0) is 31.1 Å². The zero-order chi connectivity index (χ0) is 12.4. The molecule has 0 aromatic carbocycles. The van der Waals surface area contributed by atoms with E-state index in [1.54, 1.807) is 19.3 Å². The highest BCUT2D eigenvalue weighted by molar-refractivity contribution is 4.84. The van der Waals surface area contributed by atoms with Crippen molar-refractivity contribution >= 4 is 0 Å². The third-order valence-electron chi connectivity index (χ3n) is 4.79. The molecule has 0 N–H and O–H groups in total. The molecule has 0 aromatic rings. The Morgan fingerprint density at radius 2 is 1.12 bits per heavy atom. The number of rotatable bonds is 10. The summed E-state index contributed by atoms with van der Waals surface area (Å²) in [5.41, 5.74) is 0.793. The topological polar surface area (TPSA) is 0 Å². The van der Waals surface area contributed by atoms with Crippen molar-refractivity contribution < 1.29 is 0 Å². The molecule has 0 saturated heterocycles. The van der Waals surface area contributed by atoms with Gasteiger partial charge in [0.2, 0.25) is 0 Å². The Bertz CT molecular complexity index is 165. The van der Waals surface area contributed by atoms with Crippen molar-refractivity contribution in [1.29, 1.82) is 0 Å². The van der Waals surface area contributed by atoms with Crippen molar-refractivity contribution in [2.45, 2.75) is 104 Å². The van der Waals surface area contributed by atoms with Crippen molar-refractivity contribution in [3.05, 3.63) is 0 Å². The van der Waals surface area contributed by atoms with E-state index in [1.807, 2.05) is 0 Å². The van der Waals surface area contributed by atoms with Crippen LogP contribution in [0.2, 0.25) is 0 Å². The van der Waals surface area contributed by atoms with Crippen LogP contribution in [0.5, 0.6) is 0 Å². The smallest absolute Gasteiger partial charge is 0.0297 e. The van der Waals surface area contributed by atoms with Gasteiger partial charge in [-0.2, -0.15) is 0 Å². The fraction of sp³-hybridized carbons (Fsp3) is 1.00. The molecule has 0 aromatic heterocycles. The SMILES string of the molecule is CCCCCCCC1(CCCCC)CCCC1. The van der Waals surface area contributed by atoms with Crippen molar-refractivity contribution in [2.24, 2.45) is 5.41 Å². The van der Waals surface area contributed by atoms with E-state index in [1.165, 1.54) is 70.6 Å². The Kier molecular flexibility index (Phi) is 7.97. The maximum atomic E-state index is 2.33. The predicted octanol–water partition coefficient (Wildman–Crippen LogP) is 6.49. The van der Waals surface area contributed by atoms with E-state index >= 15 is 0 Å². The van der Waals surface area contributed by atoms with Crippen LogP contribution < -0.4 is 0 Å². The molecule has 1 aliphatic rings. The molecule has 0 spiro atoms. The van der Waals surface area contributed by atoms with E-state index in [2.05, 4.69) is 13.8 Å². The summed E-state index contributed by atoms with van der Waals surface area (Å²) >= 11 is 0. The van der Waals surface area contributed by atoms with Crippen LogP contribution in [0.3, 0.4) is 0 Å². The van der Waals surface area contributed by atoms with Crippen LogP contribution in [-0.2, 0) is 0 Å². The Morgan fingerprint density at radius 1 is 0.647 bits per heavy atom. The molecule has 0 radical (unpaired) electrons. The zero-order valence-corrected chi connectivity index (χ0v) is 12.4. The lowest BCUT2D eigenvalue weighted by molar-refractivity contribution is 0.230. The van der Waals surface area contributed by atoms with Crippen LogP contribution in [0.25, 0.3) is 0 Å². The van der Waals surface area contributed by atoms with E-state index in [-0.39, 0.29) is 0 Å². The Hall–Kier alpha value is 0. The normalized spacial score (nSPS) is 18.7. The predicted molar refractivity (Wildman–Crippen MR) is 78.4 cm³/mol. The molecule has 0 bridgehead atoms. The Labute approximate surface area is 110 Å². The standard InChI is InChI=1S/C17H34/c1-3-5-7-8-10-14-17(13-9-6-4-2)15-11-12-16-17/h3-16H2,1-2H3. The summed E-state index contributed by atoms with van der Waals surface area (Å²) < 4.78 is 0. The van der Waals surface area contributed by atoms with Crippen molar-refractivity contribution in [3.8, 4) is 0 Å². The second-order valence-corrected chi connectivity index (χ2v) is 6.33. The second-order valence-electron chi connectivity index (χ2n) is 6.33. The quantitative estimate of drug-likeness (QED) is 0.382. The maximum Gasteiger partial charge on any atom is -0.0297 e. The fourth-order valence-electron chi connectivity index (χ4n) is 3.60. The highest BCUT2D eigenvalue weighted by Crippen LogP contribution is 2.46. The van der Waals surface area contributed by atoms with Gasteiger partial charge in [0.05, 0.1) is 0 Å². The molecule has 17 heavy (non-hydrogen) atoms. The molecule has 0 nitrogen and oxygen atoms in total. The van der Waals surface area contributed by atoms with Crippen molar-refractivity contribution in [3.63, 3.8) is 0 Å². The maximum absolute atomic E-state index is 2.33. The van der Waals surface area contributed by atoms with E-state index in [4.69, 9.17) is 0 Å². The number of unbranched alkanes of at least 4 members (excludes halogenated alkanes) is 6. The van der Waals surface area contributed by atoms with Gasteiger partial charge in [0.15, 0.2) is 0 Å². The molecule has 1 aliphatic carbocycles. The summed E-state index contributed by atoms with van der Waals surface area (Å²) in [6.07, 6.45) is 20.8. The van der Waals surface area contributed by atoms with Gasteiger partial charge in [-0.1, -0.05) is 78.1 Å². The largest absolute Gasteiger partial charge is 0.0654 e. The van der Waals surface area contributed by atoms with Gasteiger partial charge in [0.25, 0.3) is 0 Å². The second kappa shape index (κ2) is 9.00. The van der Waals surface area contributed by atoms with Gasteiger partial charge in [-0.15, -0.1) is 0 Å². The molecule has 0 amide bonds. The van der Waals surface area contributed by atoms with Crippen LogP contribution in [0, 0.1) is 5.41 Å². The molecule has 0 aliphatic heterocycles. The van der Waals surface area contributed by atoms with Crippen molar-refractivity contribution in [1.82, 2.24) is 0 Å². The summed E-state index contributed by atoms with van der Waals surface area (Å²) in [7, 11) is 0. The molecular weight excluding hydrogens is 204 g/mol. The van der Waals surface area contributed by atoms with Crippen LogP contribution in [0.4, 0.5) is 0 Å². The van der Waals surface area contributed by atoms with Crippen LogP contribution in [0.1, 0.15) is 104 Å². The average molecular weight is 238 g/mol. The minimum atomic E-state index is 0.793. The summed E-state index contributed by atoms with van der Waals surface area (Å²) in [4.78, 5) is 0.